The third kappa shape index (κ3) is 1.38. The molecule has 8 heteroatoms. The topological polar surface area (TPSA) is 97.6 Å². The minimum Gasteiger partial charge on any atom is -0.363 e. The Kier molecular flexibility index (Phi) is 2.01. The van der Waals surface area contributed by atoms with Crippen LogP contribution in [0.5, 0.6) is 0 Å². The Morgan fingerprint density at radius 1 is 1.21 bits per heavy atom. The van der Waals surface area contributed by atoms with Gasteiger partial charge in [-0.05, 0) is 0 Å². The van der Waals surface area contributed by atoms with Gasteiger partial charge in [0, 0.05) is 0 Å². The van der Waals surface area contributed by atoms with Gasteiger partial charge >= 0.3 is 0 Å². The Morgan fingerprint density at radius 2 is 1.86 bits per heavy atom. The van der Waals surface area contributed by atoms with Gasteiger partial charge in [-0.1, -0.05) is 23.2 Å². The summed E-state index contributed by atoms with van der Waals surface area (Å²) in [6.07, 6.45) is 0. The molecule has 0 bridgehead atoms. The number of nitrogens with two attached hydrogens (primary N) is 1. The van der Waals surface area contributed by atoms with Gasteiger partial charge in [-0.25, -0.2) is 15.0 Å². The van der Waals surface area contributed by atoms with Gasteiger partial charge in [0.15, 0.2) is 27.4 Å². The number of hydrogen-bond donors (Lipinski definition) is 2. The summed E-state index contributed by atoms with van der Waals surface area (Å²) in [7, 11) is 0. The highest BCUT2D eigenvalue weighted by atomic mass is 35.5. The van der Waals surface area contributed by atoms with Gasteiger partial charge in [0.25, 0.3) is 5.91 Å². The molecule has 1 amide bonds. The average Bonchev–Trinajstić information content (AvgIpc) is 2.48. The molecule has 0 radical (unpaired) electrons. The van der Waals surface area contributed by atoms with Crippen molar-refractivity contribution >= 4 is 40.4 Å². The minimum atomic E-state index is -0.697. The molecule has 14 heavy (non-hydrogen) atoms. The lowest BCUT2D eigenvalue weighted by atomic mass is 10.6. The maximum atomic E-state index is 10.7. The zero-order valence-corrected chi connectivity index (χ0v) is 8.10. The smallest absolute Gasteiger partial charge is 0.284 e. The molecule has 72 valence electrons. The molecular formula is C6H3Cl2N5O. The molecule has 3 N–H and O–H groups in total. The number of imidazole rings is 1. The van der Waals surface area contributed by atoms with E-state index in [4.69, 9.17) is 28.9 Å². The summed E-state index contributed by atoms with van der Waals surface area (Å²) in [5.74, 6) is -0.727. The van der Waals surface area contributed by atoms with Crippen LogP contribution in [-0.4, -0.2) is 25.8 Å². The predicted octanol–water partition coefficient (Wildman–Crippen LogP) is 0.759. The van der Waals surface area contributed by atoms with E-state index in [2.05, 4.69) is 19.9 Å². The highest BCUT2D eigenvalue weighted by Gasteiger charge is 2.12. The number of primary amides is 1. The number of amides is 1. The Morgan fingerprint density at radius 3 is 2.50 bits per heavy atom. The summed E-state index contributed by atoms with van der Waals surface area (Å²) < 4.78 is 0. The van der Waals surface area contributed by atoms with Crippen molar-refractivity contribution in [1.29, 1.82) is 0 Å². The van der Waals surface area contributed by atoms with E-state index in [1.54, 1.807) is 0 Å². The number of aromatic amines is 1. The number of halogens is 2. The van der Waals surface area contributed by atoms with E-state index in [1.807, 2.05) is 0 Å². The van der Waals surface area contributed by atoms with E-state index in [0.29, 0.717) is 0 Å². The summed E-state index contributed by atoms with van der Waals surface area (Å²) in [6.45, 7) is 0. The van der Waals surface area contributed by atoms with Crippen LogP contribution in [0.4, 0.5) is 0 Å². The average molecular weight is 232 g/mol. The first-order chi connectivity index (χ1) is 6.58. The van der Waals surface area contributed by atoms with Crippen molar-refractivity contribution in [2.24, 2.45) is 5.73 Å². The van der Waals surface area contributed by atoms with Crippen molar-refractivity contribution in [2.75, 3.05) is 0 Å². The molecule has 2 aromatic rings. The van der Waals surface area contributed by atoms with Crippen LogP contribution >= 0.6 is 23.2 Å². The molecule has 0 aromatic carbocycles. The van der Waals surface area contributed by atoms with Crippen molar-refractivity contribution in [2.45, 2.75) is 0 Å². The molecule has 0 spiro atoms. The Hall–Kier alpha value is -1.40. The van der Waals surface area contributed by atoms with Crippen LogP contribution in [0.25, 0.3) is 11.3 Å². The molecule has 0 saturated heterocycles. The monoisotopic (exact) mass is 231 g/mol. The van der Waals surface area contributed by atoms with Gasteiger partial charge in [0.05, 0.1) is 0 Å². The minimum absolute atomic E-state index is 0.0293. The maximum Gasteiger partial charge on any atom is 0.284 e. The second-order valence-electron chi connectivity index (χ2n) is 2.43. The first-order valence-corrected chi connectivity index (χ1v) is 4.22. The molecule has 0 aliphatic rings. The van der Waals surface area contributed by atoms with Crippen molar-refractivity contribution in [1.82, 2.24) is 19.9 Å². The summed E-state index contributed by atoms with van der Waals surface area (Å²) in [5.41, 5.74) is 5.47. The molecule has 0 fully saturated rings. The molecule has 0 aliphatic carbocycles. The van der Waals surface area contributed by atoms with E-state index in [1.165, 1.54) is 0 Å². The van der Waals surface area contributed by atoms with E-state index in [0.717, 1.165) is 0 Å². The number of carbonyl (C=O) groups excluding carboxylic acids is 1. The zero-order valence-electron chi connectivity index (χ0n) is 6.58. The van der Waals surface area contributed by atoms with Gasteiger partial charge in [0.2, 0.25) is 0 Å². The van der Waals surface area contributed by atoms with Crippen molar-refractivity contribution in [3.63, 3.8) is 0 Å². The lowest BCUT2D eigenvalue weighted by Crippen LogP contribution is -2.12. The summed E-state index contributed by atoms with van der Waals surface area (Å²) >= 11 is 11.2. The number of carbonyl (C=O) groups is 1. The van der Waals surface area contributed by atoms with Crippen LogP contribution in [0.1, 0.15) is 10.6 Å². The highest BCUT2D eigenvalue weighted by Crippen LogP contribution is 2.19. The summed E-state index contributed by atoms with van der Waals surface area (Å²) in [5, 5.41) is 0.0699. The van der Waals surface area contributed by atoms with Crippen LogP contribution in [0.15, 0.2) is 0 Å². The molecule has 0 saturated carbocycles. The van der Waals surface area contributed by atoms with Gasteiger partial charge in [0.1, 0.15) is 0 Å². The van der Waals surface area contributed by atoms with Crippen LogP contribution in [0, 0.1) is 0 Å². The summed E-state index contributed by atoms with van der Waals surface area (Å²) in [4.78, 5) is 24.7. The quantitative estimate of drug-likeness (QED) is 0.758. The van der Waals surface area contributed by atoms with E-state index in [9.17, 15) is 4.79 Å². The first kappa shape index (κ1) is 9.17. The number of fused-ring (bicyclic) bond motifs is 1. The second kappa shape index (κ2) is 3.07. The number of aromatic nitrogens is 4. The Balaban J connectivity index is 2.72. The third-order valence-corrected chi connectivity index (χ3v) is 2.11. The lowest BCUT2D eigenvalue weighted by Gasteiger charge is -1.91. The van der Waals surface area contributed by atoms with Crippen molar-refractivity contribution in [3.05, 3.63) is 16.1 Å². The fourth-order valence-corrected chi connectivity index (χ4v) is 1.16. The first-order valence-electron chi connectivity index (χ1n) is 3.46. The van der Waals surface area contributed by atoms with Crippen molar-refractivity contribution < 1.29 is 4.79 Å². The number of hydrogen-bond acceptors (Lipinski definition) is 4. The molecule has 0 unspecified atom stereocenters. The van der Waals surface area contributed by atoms with E-state index >= 15 is 0 Å². The van der Waals surface area contributed by atoms with E-state index in [-0.39, 0.29) is 27.4 Å². The van der Waals surface area contributed by atoms with Crippen LogP contribution < -0.4 is 5.73 Å². The predicted molar refractivity (Wildman–Crippen MR) is 50.2 cm³/mol. The Bertz CT molecular complexity index is 483. The third-order valence-electron chi connectivity index (χ3n) is 1.48. The Labute approximate surface area is 87.5 Å². The molecule has 0 atom stereocenters. The normalized spacial score (nSPS) is 10.7. The van der Waals surface area contributed by atoms with Crippen LogP contribution in [-0.2, 0) is 0 Å². The number of nitrogens with zero attached hydrogens (tertiary/aromatic N) is 3. The SMILES string of the molecule is NC(=O)c1nc2nc(Cl)c(Cl)nc2[nH]1. The van der Waals surface area contributed by atoms with Gasteiger partial charge in [-0.2, -0.15) is 0 Å². The maximum absolute atomic E-state index is 10.7. The summed E-state index contributed by atoms with van der Waals surface area (Å²) in [6, 6.07) is 0. The van der Waals surface area contributed by atoms with Gasteiger partial charge in [-0.15, -0.1) is 0 Å². The van der Waals surface area contributed by atoms with Crippen LogP contribution in [0.2, 0.25) is 10.3 Å². The largest absolute Gasteiger partial charge is 0.363 e. The molecule has 2 rings (SSSR count). The number of nitrogens with one attached hydrogen (secondary N) is 1. The fourth-order valence-electron chi connectivity index (χ4n) is 0.911. The molecular weight excluding hydrogens is 229 g/mol. The highest BCUT2D eigenvalue weighted by molar-refractivity contribution is 6.40. The standard InChI is InChI=1S/C6H3Cl2N5O/c7-1-2(8)11-6-5(10-1)12-4(13-6)3(9)14/h(H2,9,14)(H,10,11,12,13). The lowest BCUT2D eigenvalue weighted by molar-refractivity contribution is 0.0991. The van der Waals surface area contributed by atoms with E-state index < -0.39 is 5.91 Å². The molecule has 2 heterocycles. The van der Waals surface area contributed by atoms with Gasteiger partial charge < -0.3 is 10.7 Å². The second-order valence-corrected chi connectivity index (χ2v) is 3.14. The van der Waals surface area contributed by atoms with Gasteiger partial charge in [-0.3, -0.25) is 4.79 Å². The molecule has 0 aliphatic heterocycles. The molecule has 6 nitrogen and oxygen atoms in total. The zero-order chi connectivity index (χ0) is 10.3. The van der Waals surface area contributed by atoms with Crippen molar-refractivity contribution in [3.8, 4) is 0 Å². The number of rotatable bonds is 1. The van der Waals surface area contributed by atoms with Crippen LogP contribution in [0.3, 0.4) is 0 Å². The molecule has 2 aromatic heterocycles. The fraction of sp³-hybridized carbons (Fsp3) is 0. The number of H-pyrrole nitrogens is 1.